The van der Waals surface area contributed by atoms with Crippen molar-refractivity contribution in [1.82, 2.24) is 14.9 Å². The Balaban J connectivity index is 1.80. The van der Waals surface area contributed by atoms with Gasteiger partial charge in [0, 0.05) is 36.9 Å². The summed E-state index contributed by atoms with van der Waals surface area (Å²) in [5.41, 5.74) is 1.88. The summed E-state index contributed by atoms with van der Waals surface area (Å²) >= 11 is 0. The zero-order valence-corrected chi connectivity index (χ0v) is 12.3. The van der Waals surface area contributed by atoms with Crippen molar-refractivity contribution in [3.63, 3.8) is 0 Å². The topological polar surface area (TPSA) is 64.0 Å². The van der Waals surface area contributed by atoms with Gasteiger partial charge in [0.2, 0.25) is 0 Å². The van der Waals surface area contributed by atoms with Crippen molar-refractivity contribution in [1.29, 1.82) is 0 Å². The van der Waals surface area contributed by atoms with Crippen LogP contribution < -0.4 is 10.9 Å². The number of pyridine rings is 2. The first-order valence-corrected chi connectivity index (χ1v) is 7.19. The second-order valence-electron chi connectivity index (χ2n) is 5.01. The smallest absolute Gasteiger partial charge is 0.255 e. The van der Waals surface area contributed by atoms with E-state index in [0.29, 0.717) is 12.1 Å². The summed E-state index contributed by atoms with van der Waals surface area (Å²) in [7, 11) is 0. The summed E-state index contributed by atoms with van der Waals surface area (Å²) < 4.78 is 1.46. The minimum atomic E-state index is -0.237. The van der Waals surface area contributed by atoms with Gasteiger partial charge in [-0.1, -0.05) is 24.3 Å². The fourth-order valence-corrected chi connectivity index (χ4v) is 2.20. The number of nitrogens with zero attached hydrogens (tertiary/aromatic N) is 2. The van der Waals surface area contributed by atoms with Crippen LogP contribution >= 0.6 is 0 Å². The molecule has 0 fully saturated rings. The van der Waals surface area contributed by atoms with Crippen molar-refractivity contribution in [2.24, 2.45) is 0 Å². The van der Waals surface area contributed by atoms with E-state index < -0.39 is 0 Å². The minimum Gasteiger partial charge on any atom is -0.348 e. The van der Waals surface area contributed by atoms with E-state index in [0.717, 1.165) is 11.3 Å². The molecule has 0 spiro atoms. The quantitative estimate of drug-likeness (QED) is 0.803. The molecule has 0 aliphatic rings. The van der Waals surface area contributed by atoms with Gasteiger partial charge in [0.25, 0.3) is 11.5 Å². The van der Waals surface area contributed by atoms with Gasteiger partial charge in [-0.05, 0) is 29.8 Å². The Bertz CT molecular complexity index is 858. The molecule has 0 saturated heterocycles. The molecule has 1 aromatic carbocycles. The summed E-state index contributed by atoms with van der Waals surface area (Å²) in [5.74, 6) is -0.237. The maximum Gasteiger partial charge on any atom is 0.255 e. The molecule has 2 heterocycles. The van der Waals surface area contributed by atoms with Gasteiger partial charge >= 0.3 is 0 Å². The molecule has 23 heavy (non-hydrogen) atoms. The molecule has 0 unspecified atom stereocenters. The second-order valence-corrected chi connectivity index (χ2v) is 5.01. The van der Waals surface area contributed by atoms with Gasteiger partial charge in [0.1, 0.15) is 0 Å². The van der Waals surface area contributed by atoms with E-state index in [1.54, 1.807) is 18.6 Å². The minimum absolute atomic E-state index is 0.181. The molecule has 3 aromatic rings. The van der Waals surface area contributed by atoms with Gasteiger partial charge in [-0.3, -0.25) is 19.1 Å². The van der Waals surface area contributed by atoms with Crippen molar-refractivity contribution in [2.75, 3.05) is 0 Å². The van der Waals surface area contributed by atoms with Gasteiger partial charge in [-0.2, -0.15) is 0 Å². The normalized spacial score (nSPS) is 10.3. The standard InChI is InChI=1S/C18H15N3O2/c22-17-9-8-15(13-21(17)16-6-2-1-3-7-16)18(23)20-12-14-5-4-10-19-11-14/h1-11,13H,12H2,(H,20,23). The fraction of sp³-hybridized carbons (Fsp3) is 0.0556. The van der Waals surface area contributed by atoms with Crippen LogP contribution in [0.3, 0.4) is 0 Å². The highest BCUT2D eigenvalue weighted by atomic mass is 16.2. The molecule has 5 heteroatoms. The van der Waals surface area contributed by atoms with E-state index in [4.69, 9.17) is 0 Å². The first kappa shape index (κ1) is 14.7. The number of aromatic nitrogens is 2. The van der Waals surface area contributed by atoms with E-state index in [9.17, 15) is 9.59 Å². The van der Waals surface area contributed by atoms with Gasteiger partial charge in [-0.25, -0.2) is 0 Å². The molecular formula is C18H15N3O2. The average Bonchev–Trinajstić information content (AvgIpc) is 2.62. The summed E-state index contributed by atoms with van der Waals surface area (Å²) in [6.07, 6.45) is 4.93. The van der Waals surface area contributed by atoms with Crippen molar-refractivity contribution < 1.29 is 4.79 Å². The fourth-order valence-electron chi connectivity index (χ4n) is 2.20. The van der Waals surface area contributed by atoms with Crippen LogP contribution in [-0.4, -0.2) is 15.5 Å². The zero-order valence-electron chi connectivity index (χ0n) is 12.3. The Morgan fingerprint density at radius 2 is 1.87 bits per heavy atom. The number of carbonyl (C=O) groups is 1. The SMILES string of the molecule is O=C(NCc1cccnc1)c1ccc(=O)n(-c2ccccc2)c1. The maximum absolute atomic E-state index is 12.3. The Kier molecular flexibility index (Phi) is 4.29. The predicted octanol–water partition coefficient (Wildman–Crippen LogP) is 2.16. The van der Waals surface area contributed by atoms with Crippen LogP contribution in [0.2, 0.25) is 0 Å². The van der Waals surface area contributed by atoms with E-state index in [1.807, 2.05) is 42.5 Å². The third kappa shape index (κ3) is 3.52. The lowest BCUT2D eigenvalue weighted by Crippen LogP contribution is -2.25. The molecule has 1 amide bonds. The zero-order chi connectivity index (χ0) is 16.1. The van der Waals surface area contributed by atoms with Crippen LogP contribution in [0.4, 0.5) is 0 Å². The first-order valence-electron chi connectivity index (χ1n) is 7.19. The molecule has 0 saturated carbocycles. The first-order chi connectivity index (χ1) is 11.2. The number of nitrogens with one attached hydrogen (secondary N) is 1. The summed E-state index contributed by atoms with van der Waals surface area (Å²) in [6, 6.07) is 15.8. The molecule has 0 atom stereocenters. The summed E-state index contributed by atoms with van der Waals surface area (Å²) in [5, 5.41) is 2.82. The second kappa shape index (κ2) is 6.70. The molecule has 2 aromatic heterocycles. The third-order valence-corrected chi connectivity index (χ3v) is 3.38. The monoisotopic (exact) mass is 305 g/mol. The number of hydrogen-bond acceptors (Lipinski definition) is 3. The van der Waals surface area contributed by atoms with Crippen molar-refractivity contribution in [2.45, 2.75) is 6.54 Å². The van der Waals surface area contributed by atoms with Gasteiger partial charge in [0.05, 0.1) is 5.56 Å². The number of benzene rings is 1. The number of hydrogen-bond donors (Lipinski definition) is 1. The van der Waals surface area contributed by atoms with Crippen LogP contribution in [0.5, 0.6) is 0 Å². The summed E-state index contributed by atoms with van der Waals surface area (Å²) in [6.45, 7) is 0.386. The van der Waals surface area contributed by atoms with E-state index in [-0.39, 0.29) is 11.5 Å². The number of carbonyl (C=O) groups excluding carboxylic acids is 1. The van der Waals surface area contributed by atoms with Gasteiger partial charge in [0.15, 0.2) is 0 Å². The Morgan fingerprint density at radius 3 is 2.61 bits per heavy atom. The number of para-hydroxylation sites is 1. The lowest BCUT2D eigenvalue weighted by molar-refractivity contribution is 0.0950. The van der Waals surface area contributed by atoms with Crippen LogP contribution in [0.15, 0.2) is 78.0 Å². The molecule has 0 aliphatic heterocycles. The van der Waals surface area contributed by atoms with Crippen molar-refractivity contribution in [3.8, 4) is 5.69 Å². The molecule has 5 nitrogen and oxygen atoms in total. The van der Waals surface area contributed by atoms with Crippen molar-refractivity contribution in [3.05, 3.63) is 94.7 Å². The lowest BCUT2D eigenvalue weighted by Gasteiger charge is -2.09. The lowest BCUT2D eigenvalue weighted by atomic mass is 10.2. The highest BCUT2D eigenvalue weighted by molar-refractivity contribution is 5.93. The number of amides is 1. The van der Waals surface area contributed by atoms with E-state index in [2.05, 4.69) is 10.3 Å². The van der Waals surface area contributed by atoms with E-state index >= 15 is 0 Å². The van der Waals surface area contributed by atoms with Crippen LogP contribution in [-0.2, 0) is 6.54 Å². The highest BCUT2D eigenvalue weighted by Gasteiger charge is 2.08. The Morgan fingerprint density at radius 1 is 1.04 bits per heavy atom. The molecule has 0 radical (unpaired) electrons. The average molecular weight is 305 g/mol. The molecular weight excluding hydrogens is 290 g/mol. The molecule has 0 bridgehead atoms. The largest absolute Gasteiger partial charge is 0.348 e. The highest BCUT2D eigenvalue weighted by Crippen LogP contribution is 2.06. The van der Waals surface area contributed by atoms with Gasteiger partial charge < -0.3 is 5.32 Å². The molecule has 114 valence electrons. The van der Waals surface area contributed by atoms with Gasteiger partial charge in [-0.15, -0.1) is 0 Å². The summed E-state index contributed by atoms with van der Waals surface area (Å²) in [4.78, 5) is 28.3. The van der Waals surface area contributed by atoms with E-state index in [1.165, 1.54) is 16.7 Å². The third-order valence-electron chi connectivity index (χ3n) is 3.38. The van der Waals surface area contributed by atoms with Crippen LogP contribution in [0, 0.1) is 0 Å². The van der Waals surface area contributed by atoms with Crippen LogP contribution in [0.25, 0.3) is 5.69 Å². The maximum atomic E-state index is 12.3. The van der Waals surface area contributed by atoms with Crippen molar-refractivity contribution >= 4 is 5.91 Å². The predicted molar refractivity (Wildman–Crippen MR) is 87.4 cm³/mol. The van der Waals surface area contributed by atoms with Crippen LogP contribution in [0.1, 0.15) is 15.9 Å². The number of rotatable bonds is 4. The molecule has 0 aliphatic carbocycles. The Labute approximate surface area is 133 Å². The Hall–Kier alpha value is -3.21. The molecule has 3 rings (SSSR count). The molecule has 1 N–H and O–H groups in total.